The molecule has 1 aliphatic carbocycles. The van der Waals surface area contributed by atoms with Gasteiger partial charge < -0.3 is 10.4 Å². The largest absolute Gasteiger partial charge is 0.393 e. The third-order valence-electron chi connectivity index (χ3n) is 3.98. The molecule has 0 spiro atoms. The number of aliphatic hydroxyl groups is 1. The van der Waals surface area contributed by atoms with Crippen LogP contribution >= 0.6 is 11.3 Å². The van der Waals surface area contributed by atoms with Crippen molar-refractivity contribution in [2.24, 2.45) is 5.92 Å². The first-order valence-electron chi connectivity index (χ1n) is 6.96. The van der Waals surface area contributed by atoms with E-state index in [0.717, 1.165) is 43.0 Å². The molecule has 2 N–H and O–H groups in total. The number of nitrogens with zero attached hydrogens (tertiary/aromatic N) is 2. The molecule has 1 aliphatic rings. The lowest BCUT2D eigenvalue weighted by Gasteiger charge is -2.10. The molecular formula is C14H21N3OS. The molecule has 0 saturated heterocycles. The van der Waals surface area contributed by atoms with Crippen LogP contribution in [0.3, 0.4) is 0 Å². The van der Waals surface area contributed by atoms with E-state index in [1.165, 1.54) is 10.6 Å². The van der Waals surface area contributed by atoms with Gasteiger partial charge in [-0.3, -0.25) is 4.40 Å². The van der Waals surface area contributed by atoms with E-state index in [4.69, 9.17) is 0 Å². The lowest BCUT2D eigenvalue weighted by atomic mass is 10.1. The molecule has 2 atom stereocenters. The summed E-state index contributed by atoms with van der Waals surface area (Å²) in [5.74, 6) is 0.628. The third kappa shape index (κ3) is 2.68. The van der Waals surface area contributed by atoms with Crippen molar-refractivity contribution >= 4 is 16.3 Å². The van der Waals surface area contributed by atoms with Crippen LogP contribution in [0.2, 0.25) is 0 Å². The summed E-state index contributed by atoms with van der Waals surface area (Å²) in [5, 5.41) is 13.1. The van der Waals surface area contributed by atoms with Crippen LogP contribution in [0.4, 0.5) is 0 Å². The van der Waals surface area contributed by atoms with Gasteiger partial charge in [-0.05, 0) is 45.6 Å². The first-order valence-corrected chi connectivity index (χ1v) is 7.78. The first kappa shape index (κ1) is 13.1. The molecule has 0 aliphatic heterocycles. The van der Waals surface area contributed by atoms with E-state index < -0.39 is 0 Å². The molecule has 0 aromatic carbocycles. The van der Waals surface area contributed by atoms with Crippen LogP contribution in [0.25, 0.3) is 4.96 Å². The number of hydrogen-bond donors (Lipinski definition) is 2. The average Bonchev–Trinajstić information content (AvgIpc) is 2.97. The molecule has 4 nitrogen and oxygen atoms in total. The van der Waals surface area contributed by atoms with Crippen molar-refractivity contribution in [3.63, 3.8) is 0 Å². The fourth-order valence-corrected chi connectivity index (χ4v) is 3.84. The molecule has 104 valence electrons. The van der Waals surface area contributed by atoms with Gasteiger partial charge in [0.1, 0.15) is 0 Å². The Hall–Kier alpha value is -0.910. The normalized spacial score (nSPS) is 23.5. The summed E-state index contributed by atoms with van der Waals surface area (Å²) in [6, 6.07) is 0. The zero-order valence-corrected chi connectivity index (χ0v) is 12.3. The molecule has 2 heterocycles. The number of imidazole rings is 1. The van der Waals surface area contributed by atoms with Crippen molar-refractivity contribution in [1.29, 1.82) is 0 Å². The Morgan fingerprint density at radius 3 is 3.05 bits per heavy atom. The molecule has 2 aromatic rings. The SMILES string of the molecule is Cc1cn2c(CNCC3CCC(O)C3)c(C)nc2s1. The molecule has 0 bridgehead atoms. The summed E-state index contributed by atoms with van der Waals surface area (Å²) >= 11 is 1.74. The van der Waals surface area contributed by atoms with E-state index >= 15 is 0 Å². The van der Waals surface area contributed by atoms with Crippen molar-refractivity contribution in [3.05, 3.63) is 22.5 Å². The Morgan fingerprint density at radius 2 is 2.32 bits per heavy atom. The van der Waals surface area contributed by atoms with E-state index in [1.54, 1.807) is 11.3 Å². The highest BCUT2D eigenvalue weighted by molar-refractivity contribution is 7.17. The van der Waals surface area contributed by atoms with Crippen molar-refractivity contribution in [2.45, 2.75) is 45.8 Å². The zero-order chi connectivity index (χ0) is 13.4. The van der Waals surface area contributed by atoms with E-state index in [2.05, 4.69) is 34.7 Å². The maximum atomic E-state index is 9.53. The Kier molecular flexibility index (Phi) is 3.60. The Bertz CT molecular complexity index is 575. The van der Waals surface area contributed by atoms with E-state index in [1.807, 2.05) is 0 Å². The quantitative estimate of drug-likeness (QED) is 0.902. The van der Waals surface area contributed by atoms with E-state index in [-0.39, 0.29) is 6.10 Å². The molecule has 1 saturated carbocycles. The van der Waals surface area contributed by atoms with Crippen LogP contribution in [-0.2, 0) is 6.54 Å². The molecule has 0 amide bonds. The molecule has 5 heteroatoms. The highest BCUT2D eigenvalue weighted by Crippen LogP contribution is 2.25. The summed E-state index contributed by atoms with van der Waals surface area (Å²) in [6.45, 7) is 6.04. The van der Waals surface area contributed by atoms with Gasteiger partial charge in [0, 0.05) is 17.6 Å². The van der Waals surface area contributed by atoms with Gasteiger partial charge in [-0.15, -0.1) is 11.3 Å². The number of rotatable bonds is 4. The molecule has 0 radical (unpaired) electrons. The zero-order valence-electron chi connectivity index (χ0n) is 11.5. The minimum Gasteiger partial charge on any atom is -0.393 e. The van der Waals surface area contributed by atoms with Crippen LogP contribution in [0.5, 0.6) is 0 Å². The second-order valence-corrected chi connectivity index (χ2v) is 6.82. The van der Waals surface area contributed by atoms with Crippen LogP contribution in [0.15, 0.2) is 6.20 Å². The summed E-state index contributed by atoms with van der Waals surface area (Å²) in [5.41, 5.74) is 2.38. The molecular weight excluding hydrogens is 258 g/mol. The van der Waals surface area contributed by atoms with Crippen molar-refractivity contribution in [1.82, 2.24) is 14.7 Å². The van der Waals surface area contributed by atoms with Gasteiger partial charge in [0.05, 0.1) is 17.5 Å². The summed E-state index contributed by atoms with van der Waals surface area (Å²) in [7, 11) is 0. The lowest BCUT2D eigenvalue weighted by molar-refractivity contribution is 0.177. The average molecular weight is 279 g/mol. The number of aromatic nitrogens is 2. The standard InChI is InChI=1S/C14H21N3OS/c1-9-8-17-13(10(2)16-14(17)19-9)7-15-6-11-3-4-12(18)5-11/h8,11-12,15,18H,3-7H2,1-2H3. The fourth-order valence-electron chi connectivity index (χ4n) is 2.95. The van der Waals surface area contributed by atoms with Gasteiger partial charge in [-0.1, -0.05) is 0 Å². The number of hydrogen-bond acceptors (Lipinski definition) is 4. The summed E-state index contributed by atoms with van der Waals surface area (Å²) in [4.78, 5) is 6.98. The topological polar surface area (TPSA) is 49.6 Å². The Morgan fingerprint density at radius 1 is 1.47 bits per heavy atom. The smallest absolute Gasteiger partial charge is 0.194 e. The van der Waals surface area contributed by atoms with Crippen molar-refractivity contribution in [3.8, 4) is 0 Å². The molecule has 3 rings (SSSR count). The predicted octanol–water partition coefficient (Wildman–Crippen LogP) is 2.26. The highest BCUT2D eigenvalue weighted by Gasteiger charge is 2.22. The Balaban J connectivity index is 1.63. The van der Waals surface area contributed by atoms with Gasteiger partial charge in [0.2, 0.25) is 0 Å². The predicted molar refractivity (Wildman–Crippen MR) is 77.6 cm³/mol. The summed E-state index contributed by atoms with van der Waals surface area (Å²) < 4.78 is 2.20. The molecule has 1 fully saturated rings. The van der Waals surface area contributed by atoms with Gasteiger partial charge in [0.15, 0.2) is 4.96 Å². The molecule has 2 aromatic heterocycles. The third-order valence-corrected chi connectivity index (χ3v) is 4.88. The van der Waals surface area contributed by atoms with Crippen molar-refractivity contribution < 1.29 is 5.11 Å². The van der Waals surface area contributed by atoms with Gasteiger partial charge in [-0.25, -0.2) is 4.98 Å². The molecule has 19 heavy (non-hydrogen) atoms. The number of nitrogens with one attached hydrogen (secondary N) is 1. The number of thiazole rings is 1. The van der Waals surface area contributed by atoms with Crippen molar-refractivity contribution in [2.75, 3.05) is 6.54 Å². The number of aryl methyl sites for hydroxylation is 2. The summed E-state index contributed by atoms with van der Waals surface area (Å²) in [6.07, 6.45) is 5.15. The maximum Gasteiger partial charge on any atom is 0.194 e. The first-order chi connectivity index (χ1) is 9.13. The minimum atomic E-state index is -0.0743. The second-order valence-electron chi connectivity index (χ2n) is 5.60. The molecule has 2 unspecified atom stereocenters. The minimum absolute atomic E-state index is 0.0743. The maximum absolute atomic E-state index is 9.53. The Labute approximate surface area is 117 Å². The highest BCUT2D eigenvalue weighted by atomic mass is 32.1. The van der Waals surface area contributed by atoms with E-state index in [0.29, 0.717) is 5.92 Å². The number of aliphatic hydroxyl groups excluding tert-OH is 1. The monoisotopic (exact) mass is 279 g/mol. The van der Waals surface area contributed by atoms with Crippen LogP contribution in [0, 0.1) is 19.8 Å². The van der Waals surface area contributed by atoms with Crippen LogP contribution in [0.1, 0.15) is 35.5 Å². The van der Waals surface area contributed by atoms with Gasteiger partial charge in [-0.2, -0.15) is 0 Å². The van der Waals surface area contributed by atoms with Gasteiger partial charge >= 0.3 is 0 Å². The second kappa shape index (κ2) is 5.23. The van der Waals surface area contributed by atoms with Gasteiger partial charge in [0.25, 0.3) is 0 Å². The van der Waals surface area contributed by atoms with Crippen LogP contribution in [-0.4, -0.2) is 27.1 Å². The van der Waals surface area contributed by atoms with E-state index in [9.17, 15) is 5.11 Å². The number of fused-ring (bicyclic) bond motifs is 1. The fraction of sp³-hybridized carbons (Fsp3) is 0.643. The lowest BCUT2D eigenvalue weighted by Crippen LogP contribution is -2.22. The van der Waals surface area contributed by atoms with Crippen LogP contribution < -0.4 is 5.32 Å².